The number of carbonyl (C=O) groups excluding carboxylic acids is 3. The quantitative estimate of drug-likeness (QED) is 0.570. The van der Waals surface area contributed by atoms with Crippen LogP contribution in [0.2, 0.25) is 0 Å². The van der Waals surface area contributed by atoms with E-state index in [1.807, 2.05) is 20.8 Å². The van der Waals surface area contributed by atoms with Crippen LogP contribution in [0, 0.1) is 5.41 Å². The Balaban J connectivity index is 3.62. The van der Waals surface area contributed by atoms with Crippen LogP contribution in [0.3, 0.4) is 0 Å². The van der Waals surface area contributed by atoms with E-state index in [2.05, 4.69) is 16.0 Å². The Labute approximate surface area is 121 Å². The molecule has 0 heterocycles. The van der Waals surface area contributed by atoms with Gasteiger partial charge in [0, 0.05) is 38.9 Å². The molecule has 0 aliphatic heterocycles. The van der Waals surface area contributed by atoms with Crippen molar-refractivity contribution in [2.45, 2.75) is 47.0 Å². The molecule has 0 unspecified atom stereocenters. The second kappa shape index (κ2) is 9.34. The lowest BCUT2D eigenvalue weighted by Crippen LogP contribution is -2.36. The van der Waals surface area contributed by atoms with E-state index in [0.29, 0.717) is 26.1 Å². The van der Waals surface area contributed by atoms with Gasteiger partial charge in [0.15, 0.2) is 0 Å². The van der Waals surface area contributed by atoms with Crippen molar-refractivity contribution >= 4 is 17.7 Å². The smallest absolute Gasteiger partial charge is 0.220 e. The van der Waals surface area contributed by atoms with Gasteiger partial charge in [-0.2, -0.15) is 0 Å². The molecule has 0 spiro atoms. The zero-order valence-electron chi connectivity index (χ0n) is 13.0. The SMILES string of the molecule is CCC(=O)NCCNC(=O)CCC(=O)NCC(C)(C)C. The van der Waals surface area contributed by atoms with Crippen molar-refractivity contribution in [3.05, 3.63) is 0 Å². The number of rotatable bonds is 8. The Hall–Kier alpha value is -1.59. The Bertz CT molecular complexity index is 335. The lowest BCUT2D eigenvalue weighted by Gasteiger charge is -2.18. The maximum atomic E-state index is 11.5. The molecule has 0 saturated carbocycles. The van der Waals surface area contributed by atoms with E-state index in [4.69, 9.17) is 0 Å². The van der Waals surface area contributed by atoms with Crippen molar-refractivity contribution in [3.8, 4) is 0 Å². The van der Waals surface area contributed by atoms with Gasteiger partial charge in [0.05, 0.1) is 0 Å². The lowest BCUT2D eigenvalue weighted by molar-refractivity contribution is -0.126. The summed E-state index contributed by atoms with van der Waals surface area (Å²) in [5.41, 5.74) is 0.0371. The average Bonchev–Trinajstić information content (AvgIpc) is 2.37. The Morgan fingerprint density at radius 1 is 0.800 bits per heavy atom. The molecule has 0 aliphatic rings. The van der Waals surface area contributed by atoms with Gasteiger partial charge in [0.2, 0.25) is 17.7 Å². The third kappa shape index (κ3) is 11.5. The maximum absolute atomic E-state index is 11.5. The van der Waals surface area contributed by atoms with Gasteiger partial charge < -0.3 is 16.0 Å². The summed E-state index contributed by atoms with van der Waals surface area (Å²) >= 11 is 0. The molecule has 6 heteroatoms. The Morgan fingerprint density at radius 2 is 1.25 bits per heavy atom. The number of nitrogens with one attached hydrogen (secondary N) is 3. The summed E-state index contributed by atoms with van der Waals surface area (Å²) in [4.78, 5) is 33.9. The normalized spacial score (nSPS) is 10.8. The highest BCUT2D eigenvalue weighted by Gasteiger charge is 2.12. The van der Waals surface area contributed by atoms with Gasteiger partial charge in [-0.05, 0) is 5.41 Å². The maximum Gasteiger partial charge on any atom is 0.220 e. The minimum atomic E-state index is -0.179. The number of hydrogen-bond acceptors (Lipinski definition) is 3. The third-order valence-corrected chi connectivity index (χ3v) is 2.49. The van der Waals surface area contributed by atoms with Crippen LogP contribution < -0.4 is 16.0 Å². The summed E-state index contributed by atoms with van der Waals surface area (Å²) < 4.78 is 0. The largest absolute Gasteiger partial charge is 0.356 e. The molecule has 116 valence electrons. The van der Waals surface area contributed by atoms with E-state index in [9.17, 15) is 14.4 Å². The van der Waals surface area contributed by atoms with Crippen LogP contribution in [0.25, 0.3) is 0 Å². The summed E-state index contributed by atoms with van der Waals surface area (Å²) in [6, 6.07) is 0. The van der Waals surface area contributed by atoms with Crippen molar-refractivity contribution in [2.24, 2.45) is 5.41 Å². The molecule has 0 saturated heterocycles. The molecule has 0 rings (SSSR count). The first-order valence-corrected chi connectivity index (χ1v) is 7.04. The van der Waals surface area contributed by atoms with Crippen molar-refractivity contribution in [1.29, 1.82) is 0 Å². The molecule has 0 aromatic carbocycles. The molecule has 3 amide bonds. The molecule has 0 atom stereocenters. The van der Waals surface area contributed by atoms with E-state index in [-0.39, 0.29) is 36.0 Å². The lowest BCUT2D eigenvalue weighted by atomic mass is 9.97. The fraction of sp³-hybridized carbons (Fsp3) is 0.786. The number of carbonyl (C=O) groups is 3. The predicted octanol–water partition coefficient (Wildman–Crippen LogP) is 0.571. The van der Waals surface area contributed by atoms with Gasteiger partial charge in [-0.15, -0.1) is 0 Å². The van der Waals surface area contributed by atoms with Gasteiger partial charge in [0.25, 0.3) is 0 Å². The first-order valence-electron chi connectivity index (χ1n) is 7.04. The molecule has 0 fully saturated rings. The van der Waals surface area contributed by atoms with E-state index in [1.165, 1.54) is 0 Å². The highest BCUT2D eigenvalue weighted by molar-refractivity contribution is 5.83. The van der Waals surface area contributed by atoms with Crippen LogP contribution in [0.1, 0.15) is 47.0 Å². The molecular weight excluding hydrogens is 258 g/mol. The number of amides is 3. The minimum absolute atomic E-state index is 0.0371. The summed E-state index contributed by atoms with van der Waals surface area (Å²) in [6.45, 7) is 9.25. The van der Waals surface area contributed by atoms with Crippen LogP contribution in [0.4, 0.5) is 0 Å². The Morgan fingerprint density at radius 3 is 1.70 bits per heavy atom. The second-order valence-corrected chi connectivity index (χ2v) is 5.89. The number of hydrogen-bond donors (Lipinski definition) is 3. The summed E-state index contributed by atoms with van der Waals surface area (Å²) in [5.74, 6) is -0.336. The fourth-order valence-electron chi connectivity index (χ4n) is 1.30. The van der Waals surface area contributed by atoms with Gasteiger partial charge in [-0.3, -0.25) is 14.4 Å². The highest BCUT2D eigenvalue weighted by atomic mass is 16.2. The predicted molar refractivity (Wildman–Crippen MR) is 78.0 cm³/mol. The zero-order chi connectivity index (χ0) is 15.6. The molecule has 0 bridgehead atoms. The van der Waals surface area contributed by atoms with Gasteiger partial charge in [-0.1, -0.05) is 27.7 Å². The summed E-state index contributed by atoms with van der Waals surface area (Å²) in [5, 5.41) is 8.10. The minimum Gasteiger partial charge on any atom is -0.356 e. The van der Waals surface area contributed by atoms with Gasteiger partial charge >= 0.3 is 0 Å². The second-order valence-electron chi connectivity index (χ2n) is 5.89. The first-order chi connectivity index (χ1) is 9.24. The van der Waals surface area contributed by atoms with Crippen LogP contribution in [0.15, 0.2) is 0 Å². The fourth-order valence-corrected chi connectivity index (χ4v) is 1.30. The monoisotopic (exact) mass is 285 g/mol. The average molecular weight is 285 g/mol. The van der Waals surface area contributed by atoms with E-state index < -0.39 is 0 Å². The molecule has 0 aromatic heterocycles. The molecule has 6 nitrogen and oxygen atoms in total. The van der Waals surface area contributed by atoms with E-state index in [1.54, 1.807) is 6.92 Å². The van der Waals surface area contributed by atoms with Crippen molar-refractivity contribution in [1.82, 2.24) is 16.0 Å². The molecule has 0 aliphatic carbocycles. The van der Waals surface area contributed by atoms with Crippen LogP contribution in [-0.2, 0) is 14.4 Å². The summed E-state index contributed by atoms with van der Waals surface area (Å²) in [7, 11) is 0. The molecular formula is C14H27N3O3. The van der Waals surface area contributed by atoms with E-state index >= 15 is 0 Å². The molecule has 0 radical (unpaired) electrons. The topological polar surface area (TPSA) is 87.3 Å². The van der Waals surface area contributed by atoms with Crippen molar-refractivity contribution in [2.75, 3.05) is 19.6 Å². The van der Waals surface area contributed by atoms with Crippen molar-refractivity contribution < 1.29 is 14.4 Å². The van der Waals surface area contributed by atoms with Gasteiger partial charge in [0.1, 0.15) is 0 Å². The van der Waals surface area contributed by atoms with Crippen LogP contribution >= 0.6 is 0 Å². The Kier molecular flexibility index (Phi) is 8.59. The third-order valence-electron chi connectivity index (χ3n) is 2.49. The van der Waals surface area contributed by atoms with Crippen molar-refractivity contribution in [3.63, 3.8) is 0 Å². The molecule has 20 heavy (non-hydrogen) atoms. The molecule has 3 N–H and O–H groups in total. The first kappa shape index (κ1) is 18.4. The summed E-state index contributed by atoms with van der Waals surface area (Å²) in [6.07, 6.45) is 0.781. The zero-order valence-corrected chi connectivity index (χ0v) is 13.0. The van der Waals surface area contributed by atoms with Gasteiger partial charge in [-0.25, -0.2) is 0 Å². The van der Waals surface area contributed by atoms with E-state index in [0.717, 1.165) is 0 Å². The standard InChI is InChI=1S/C14H27N3O3/c1-5-11(18)15-8-9-16-12(19)6-7-13(20)17-10-14(2,3)4/h5-10H2,1-4H3,(H,15,18)(H,16,19)(H,17,20). The van der Waals surface area contributed by atoms with Crippen LogP contribution in [0.5, 0.6) is 0 Å². The molecule has 0 aromatic rings. The van der Waals surface area contributed by atoms with Crippen LogP contribution in [-0.4, -0.2) is 37.4 Å². The highest BCUT2D eigenvalue weighted by Crippen LogP contribution is 2.10.